The molecule has 1 aliphatic carbocycles. The fourth-order valence-electron chi connectivity index (χ4n) is 2.43. The number of nitrogens with two attached hydrogens (primary N) is 1. The highest BCUT2D eigenvalue weighted by Gasteiger charge is 2.33. The quantitative estimate of drug-likeness (QED) is 0.802. The number of carbonyl (C=O) groups excluding carboxylic acids is 1. The third-order valence-corrected chi connectivity index (χ3v) is 3.52. The molecule has 0 aromatic heterocycles. The number of hydrogen-bond donors (Lipinski definition) is 1. The van der Waals surface area contributed by atoms with Crippen molar-refractivity contribution in [3.05, 3.63) is 0 Å². The Kier molecular flexibility index (Phi) is 4.99. The first-order chi connectivity index (χ1) is 7.82. The van der Waals surface area contributed by atoms with Gasteiger partial charge in [0.15, 0.2) is 0 Å². The molecule has 3 heteroatoms. The van der Waals surface area contributed by atoms with Crippen LogP contribution in [-0.2, 0) is 4.79 Å². The normalized spacial score (nSPS) is 17.8. The Morgan fingerprint density at radius 2 is 1.88 bits per heavy atom. The zero-order valence-corrected chi connectivity index (χ0v) is 11.8. The van der Waals surface area contributed by atoms with E-state index in [-0.39, 0.29) is 5.91 Å². The van der Waals surface area contributed by atoms with Crippen LogP contribution < -0.4 is 5.73 Å². The first-order valence-corrected chi connectivity index (χ1v) is 6.92. The number of amides is 1. The summed E-state index contributed by atoms with van der Waals surface area (Å²) in [4.78, 5) is 14.4. The van der Waals surface area contributed by atoms with E-state index in [0.717, 1.165) is 25.8 Å². The van der Waals surface area contributed by atoms with Crippen molar-refractivity contribution in [2.75, 3.05) is 6.54 Å². The summed E-state index contributed by atoms with van der Waals surface area (Å²) < 4.78 is 0. The van der Waals surface area contributed by atoms with Gasteiger partial charge in [-0.15, -0.1) is 0 Å². The minimum Gasteiger partial charge on any atom is -0.338 e. The van der Waals surface area contributed by atoms with E-state index in [2.05, 4.69) is 13.8 Å². The maximum Gasteiger partial charge on any atom is 0.242 e. The van der Waals surface area contributed by atoms with Gasteiger partial charge in [-0.2, -0.15) is 0 Å². The molecule has 0 spiro atoms. The highest BCUT2D eigenvalue weighted by Crippen LogP contribution is 2.25. The first kappa shape index (κ1) is 14.5. The maximum atomic E-state index is 12.4. The molecule has 0 bridgehead atoms. The molecule has 0 atom stereocenters. The Morgan fingerprint density at radius 3 is 2.29 bits per heavy atom. The van der Waals surface area contributed by atoms with Crippen LogP contribution in [0.25, 0.3) is 0 Å². The molecule has 0 radical (unpaired) electrons. The molecule has 1 rings (SSSR count). The van der Waals surface area contributed by atoms with Gasteiger partial charge in [-0.05, 0) is 39.0 Å². The molecule has 17 heavy (non-hydrogen) atoms. The zero-order chi connectivity index (χ0) is 13.1. The average Bonchev–Trinajstić information content (AvgIpc) is 2.69. The summed E-state index contributed by atoms with van der Waals surface area (Å²) in [5, 5.41) is 0. The Hall–Kier alpha value is -0.570. The van der Waals surface area contributed by atoms with Crippen molar-refractivity contribution < 1.29 is 4.79 Å². The van der Waals surface area contributed by atoms with Gasteiger partial charge in [0, 0.05) is 12.6 Å². The number of carbonyl (C=O) groups is 1. The van der Waals surface area contributed by atoms with Crippen LogP contribution in [0.1, 0.15) is 59.8 Å². The second kappa shape index (κ2) is 5.85. The second-order valence-corrected chi connectivity index (χ2v) is 6.34. The summed E-state index contributed by atoms with van der Waals surface area (Å²) in [6.45, 7) is 8.89. The topological polar surface area (TPSA) is 46.3 Å². The lowest BCUT2D eigenvalue weighted by atomic mass is 10.0. The van der Waals surface area contributed by atoms with E-state index in [1.807, 2.05) is 18.7 Å². The summed E-state index contributed by atoms with van der Waals surface area (Å²) in [5.74, 6) is 0.748. The Bertz CT molecular complexity index is 249. The third kappa shape index (κ3) is 4.30. The van der Waals surface area contributed by atoms with E-state index >= 15 is 0 Å². The highest BCUT2D eigenvalue weighted by molar-refractivity contribution is 5.85. The van der Waals surface area contributed by atoms with E-state index in [1.54, 1.807) is 0 Å². The van der Waals surface area contributed by atoms with E-state index in [0.29, 0.717) is 12.0 Å². The average molecular weight is 240 g/mol. The standard InChI is InChI=1S/C14H28N2O/c1-11(2)9-10-16(12-7-5-6-8-12)13(17)14(3,4)15/h11-12H,5-10,15H2,1-4H3. The Balaban J connectivity index is 2.67. The molecule has 0 aromatic rings. The molecule has 0 aliphatic heterocycles. The minimum atomic E-state index is -0.737. The highest BCUT2D eigenvalue weighted by atomic mass is 16.2. The number of nitrogens with zero attached hydrogens (tertiary/aromatic N) is 1. The van der Waals surface area contributed by atoms with Crippen molar-refractivity contribution in [2.45, 2.75) is 71.4 Å². The molecular formula is C14H28N2O. The Labute approximate surface area is 106 Å². The molecule has 1 aliphatic rings. The SMILES string of the molecule is CC(C)CCN(C(=O)C(C)(C)N)C1CCCC1. The summed E-state index contributed by atoms with van der Waals surface area (Å²) in [5.41, 5.74) is 5.23. The van der Waals surface area contributed by atoms with Crippen molar-refractivity contribution in [1.82, 2.24) is 4.90 Å². The fraction of sp³-hybridized carbons (Fsp3) is 0.929. The predicted molar refractivity (Wildman–Crippen MR) is 71.7 cm³/mol. The van der Waals surface area contributed by atoms with Crippen LogP contribution in [0.2, 0.25) is 0 Å². The summed E-state index contributed by atoms with van der Waals surface area (Å²) in [7, 11) is 0. The van der Waals surface area contributed by atoms with Gasteiger partial charge >= 0.3 is 0 Å². The molecule has 0 heterocycles. The summed E-state index contributed by atoms with van der Waals surface area (Å²) in [6.07, 6.45) is 5.88. The lowest BCUT2D eigenvalue weighted by molar-refractivity contribution is -0.138. The van der Waals surface area contributed by atoms with Crippen LogP contribution in [0.15, 0.2) is 0 Å². The van der Waals surface area contributed by atoms with Gasteiger partial charge in [-0.25, -0.2) is 0 Å². The number of rotatable bonds is 5. The van der Waals surface area contributed by atoms with Crippen molar-refractivity contribution in [1.29, 1.82) is 0 Å². The molecule has 1 fully saturated rings. The fourth-order valence-corrected chi connectivity index (χ4v) is 2.43. The molecule has 0 aromatic carbocycles. The molecule has 1 amide bonds. The van der Waals surface area contributed by atoms with E-state index in [4.69, 9.17) is 5.73 Å². The molecule has 0 unspecified atom stereocenters. The van der Waals surface area contributed by atoms with Crippen LogP contribution in [0, 0.1) is 5.92 Å². The maximum absolute atomic E-state index is 12.4. The van der Waals surface area contributed by atoms with E-state index < -0.39 is 5.54 Å². The van der Waals surface area contributed by atoms with Gasteiger partial charge in [0.2, 0.25) is 5.91 Å². The van der Waals surface area contributed by atoms with Crippen LogP contribution in [-0.4, -0.2) is 28.9 Å². The van der Waals surface area contributed by atoms with Crippen LogP contribution >= 0.6 is 0 Å². The zero-order valence-electron chi connectivity index (χ0n) is 11.8. The van der Waals surface area contributed by atoms with Crippen molar-refractivity contribution in [3.63, 3.8) is 0 Å². The van der Waals surface area contributed by atoms with Gasteiger partial charge in [-0.3, -0.25) is 4.79 Å². The van der Waals surface area contributed by atoms with E-state index in [9.17, 15) is 4.79 Å². The lowest BCUT2D eigenvalue weighted by Crippen LogP contribution is -2.54. The van der Waals surface area contributed by atoms with Crippen LogP contribution in [0.5, 0.6) is 0 Å². The van der Waals surface area contributed by atoms with Gasteiger partial charge in [0.25, 0.3) is 0 Å². The predicted octanol–water partition coefficient (Wildman–Crippen LogP) is 2.54. The van der Waals surface area contributed by atoms with Gasteiger partial charge in [0.1, 0.15) is 0 Å². The van der Waals surface area contributed by atoms with Crippen molar-refractivity contribution in [3.8, 4) is 0 Å². The van der Waals surface area contributed by atoms with E-state index in [1.165, 1.54) is 12.8 Å². The molecule has 100 valence electrons. The van der Waals surface area contributed by atoms with Crippen LogP contribution in [0.3, 0.4) is 0 Å². The largest absolute Gasteiger partial charge is 0.338 e. The molecule has 3 nitrogen and oxygen atoms in total. The summed E-state index contributed by atoms with van der Waals surface area (Å²) >= 11 is 0. The Morgan fingerprint density at radius 1 is 1.35 bits per heavy atom. The smallest absolute Gasteiger partial charge is 0.242 e. The van der Waals surface area contributed by atoms with Gasteiger partial charge in [-0.1, -0.05) is 26.7 Å². The second-order valence-electron chi connectivity index (χ2n) is 6.34. The van der Waals surface area contributed by atoms with Gasteiger partial charge in [0.05, 0.1) is 5.54 Å². The van der Waals surface area contributed by atoms with Gasteiger partial charge < -0.3 is 10.6 Å². The van der Waals surface area contributed by atoms with Crippen molar-refractivity contribution >= 4 is 5.91 Å². The number of hydrogen-bond acceptors (Lipinski definition) is 2. The first-order valence-electron chi connectivity index (χ1n) is 6.92. The summed E-state index contributed by atoms with van der Waals surface area (Å²) in [6, 6.07) is 0.434. The molecular weight excluding hydrogens is 212 g/mol. The molecule has 2 N–H and O–H groups in total. The molecule has 1 saturated carbocycles. The lowest BCUT2D eigenvalue weighted by Gasteiger charge is -2.34. The van der Waals surface area contributed by atoms with Crippen molar-refractivity contribution in [2.24, 2.45) is 11.7 Å². The molecule has 0 saturated heterocycles. The third-order valence-electron chi connectivity index (χ3n) is 3.52. The van der Waals surface area contributed by atoms with Crippen LogP contribution in [0.4, 0.5) is 0 Å². The monoisotopic (exact) mass is 240 g/mol. The minimum absolute atomic E-state index is 0.116.